The number of hydrogen-bond donors (Lipinski definition) is 4. The van der Waals surface area contributed by atoms with E-state index in [1.807, 2.05) is 41.9 Å². The molecule has 4 aromatic heterocycles. The summed E-state index contributed by atoms with van der Waals surface area (Å²) in [7, 11) is 6.63. The first-order valence-electron chi connectivity index (χ1n) is 23.1. The van der Waals surface area contributed by atoms with Crippen LogP contribution < -0.4 is 36.6 Å². The highest BCUT2D eigenvalue weighted by Crippen LogP contribution is 2.35. The number of amides is 8. The Kier molecular flexibility index (Phi) is 14.5. The van der Waals surface area contributed by atoms with Crippen molar-refractivity contribution in [1.29, 1.82) is 0 Å². The Bertz CT molecular complexity index is 2960. The fourth-order valence-electron chi connectivity index (χ4n) is 9.42. The van der Waals surface area contributed by atoms with Crippen LogP contribution in [0.2, 0.25) is 5.02 Å². The molecule has 2 aromatic carbocycles. The normalized spacial score (nSPS) is 18.2. The first-order valence-corrected chi connectivity index (χ1v) is 23.5. The van der Waals surface area contributed by atoms with E-state index < -0.39 is 71.7 Å². The summed E-state index contributed by atoms with van der Waals surface area (Å²) in [6, 6.07) is 19.9. The van der Waals surface area contributed by atoms with Gasteiger partial charge in [-0.3, -0.25) is 38.8 Å². The van der Waals surface area contributed by atoms with Gasteiger partial charge < -0.3 is 26.7 Å². The van der Waals surface area contributed by atoms with Crippen molar-refractivity contribution in [2.45, 2.75) is 63.3 Å². The van der Waals surface area contributed by atoms with Gasteiger partial charge in [0.25, 0.3) is 11.8 Å². The Balaban J connectivity index is 1.01. The molecule has 8 amide bonds. The summed E-state index contributed by atoms with van der Waals surface area (Å²) < 4.78 is 5.25. The van der Waals surface area contributed by atoms with Gasteiger partial charge in [-0.05, 0) is 77.9 Å². The molecule has 6 N–H and O–H groups in total. The minimum atomic E-state index is -1.17. The second kappa shape index (κ2) is 20.8. The van der Waals surface area contributed by atoms with E-state index in [1.165, 1.54) is 22.2 Å². The molecule has 71 heavy (non-hydrogen) atoms. The molecular formula is C50H56ClN14O6+. The molecule has 6 atom stereocenters. The zero-order valence-corrected chi connectivity index (χ0v) is 40.7. The van der Waals surface area contributed by atoms with Gasteiger partial charge >= 0.3 is 12.1 Å². The molecule has 368 valence electrons. The highest BCUT2D eigenvalue weighted by molar-refractivity contribution is 6.30. The lowest BCUT2D eigenvalue weighted by molar-refractivity contribution is -0.772. The smallest absolute Gasteiger partial charge is 0.325 e. The maximum atomic E-state index is 14.7. The lowest BCUT2D eigenvalue weighted by atomic mass is 9.81. The molecule has 20 nitrogen and oxygen atoms in total. The van der Waals surface area contributed by atoms with Crippen LogP contribution in [0.3, 0.4) is 0 Å². The van der Waals surface area contributed by atoms with Crippen LogP contribution in [0.25, 0.3) is 0 Å². The summed E-state index contributed by atoms with van der Waals surface area (Å²) in [4.78, 5) is 102. The number of hydrogen-bond acceptors (Lipinski definition) is 11. The summed E-state index contributed by atoms with van der Waals surface area (Å²) in [5.41, 5.74) is 14.8. The lowest BCUT2D eigenvalue weighted by Gasteiger charge is -2.45. The maximum absolute atomic E-state index is 14.7. The van der Waals surface area contributed by atoms with Crippen LogP contribution in [-0.4, -0.2) is 95.9 Å². The standard InChI is InChI=1S/C50H55ClN14O6/c1-6-37(32-10-8-7-9-11-32)57-49(70)64-42(35(44(64)66)26-30-16-20-54-39(52)28-30)46(68)60(3)41-19-24-63(62(41)5)23-18-38(33-12-14-34(51)15-13-33)58-50(71)65-43(47(69)61(4)48-56-22-25-59(48)2)36(45(65)67)27-31-17-21-55-40(53)29-31/h7-17,19-22,24-25,28-29,35-38,42-43H,6,18,23,26-27H2,1-5H3,(H5-,52,53,54,55,57,58,70,71)/p+1/t35-,36-,37-,38-,42+,43+/m1/s1. The van der Waals surface area contributed by atoms with Crippen LogP contribution in [0.15, 0.2) is 116 Å². The summed E-state index contributed by atoms with van der Waals surface area (Å²) in [6.45, 7) is 2.21. The Labute approximate surface area is 415 Å². The quantitative estimate of drug-likeness (QED) is 0.0794. The number of urea groups is 2. The molecule has 8 rings (SSSR count). The highest BCUT2D eigenvalue weighted by Gasteiger charge is 2.57. The van der Waals surface area contributed by atoms with Gasteiger partial charge in [-0.15, -0.1) is 9.36 Å². The largest absolute Gasteiger partial charge is 0.384 e. The number of benzene rings is 2. The third-order valence-electron chi connectivity index (χ3n) is 13.3. The van der Waals surface area contributed by atoms with Gasteiger partial charge in [-0.25, -0.2) is 24.5 Å². The van der Waals surface area contributed by atoms with Crippen molar-refractivity contribution in [2.24, 2.45) is 25.9 Å². The number of nitrogens with one attached hydrogen (secondary N) is 2. The number of β-lactam (4-membered cyclic amide) rings is 2. The molecule has 0 spiro atoms. The number of aromatic nitrogens is 6. The predicted molar refractivity (Wildman–Crippen MR) is 264 cm³/mol. The number of nitrogens with zero attached hydrogens (tertiary/aromatic N) is 10. The van der Waals surface area contributed by atoms with Gasteiger partial charge in [0.2, 0.25) is 17.8 Å². The number of likely N-dealkylation sites (tertiary alicyclic amines) is 2. The molecule has 0 bridgehead atoms. The lowest BCUT2D eigenvalue weighted by Crippen LogP contribution is -2.70. The van der Waals surface area contributed by atoms with E-state index >= 15 is 0 Å². The molecule has 2 aliphatic heterocycles. The van der Waals surface area contributed by atoms with E-state index in [2.05, 4.69) is 25.6 Å². The molecule has 6 aromatic rings. The number of imidazole rings is 1. The zero-order valence-electron chi connectivity index (χ0n) is 39.9. The molecule has 2 fully saturated rings. The van der Waals surface area contributed by atoms with Crippen molar-refractivity contribution >= 4 is 70.7 Å². The van der Waals surface area contributed by atoms with E-state index in [0.717, 1.165) is 15.4 Å². The van der Waals surface area contributed by atoms with Crippen LogP contribution in [0, 0.1) is 11.8 Å². The van der Waals surface area contributed by atoms with Crippen LogP contribution in [0.4, 0.5) is 33.0 Å². The number of likely N-dealkylation sites (N-methyl/N-ethyl adjacent to an activating group) is 2. The van der Waals surface area contributed by atoms with Crippen LogP contribution in [-0.2, 0) is 52.7 Å². The van der Waals surface area contributed by atoms with E-state index in [-0.39, 0.29) is 37.4 Å². The molecule has 0 radical (unpaired) electrons. The third kappa shape index (κ3) is 10.1. The Hall–Kier alpha value is -8.13. The Morgan fingerprint density at radius 3 is 1.77 bits per heavy atom. The number of aryl methyl sites for hydroxylation is 2. The first kappa shape index (κ1) is 49.3. The van der Waals surface area contributed by atoms with Crippen molar-refractivity contribution in [3.05, 3.63) is 143 Å². The summed E-state index contributed by atoms with van der Waals surface area (Å²) in [5, 5.41) is 6.46. The molecule has 0 unspecified atom stereocenters. The van der Waals surface area contributed by atoms with Gasteiger partial charge in [-0.2, -0.15) is 0 Å². The summed E-state index contributed by atoms with van der Waals surface area (Å²) in [6.07, 6.45) is 9.18. The topological polar surface area (TPSA) is 244 Å². The number of pyridine rings is 2. The summed E-state index contributed by atoms with van der Waals surface area (Å²) >= 11 is 6.29. The number of carbonyl (C=O) groups is 6. The van der Waals surface area contributed by atoms with Crippen molar-refractivity contribution in [1.82, 2.24) is 44.6 Å². The van der Waals surface area contributed by atoms with E-state index in [1.54, 1.807) is 111 Å². The van der Waals surface area contributed by atoms with Gasteiger partial charge in [0.1, 0.15) is 23.7 Å². The minimum absolute atomic E-state index is 0.139. The van der Waals surface area contributed by atoms with Crippen molar-refractivity contribution < 1.29 is 33.4 Å². The zero-order chi connectivity index (χ0) is 50.7. The van der Waals surface area contributed by atoms with Gasteiger partial charge in [-0.1, -0.05) is 61.0 Å². The summed E-state index contributed by atoms with van der Waals surface area (Å²) in [5.74, 6) is -2.45. The van der Waals surface area contributed by atoms with Gasteiger partial charge in [0.15, 0.2) is 18.6 Å². The van der Waals surface area contributed by atoms with Crippen molar-refractivity contribution in [2.75, 3.05) is 35.4 Å². The predicted octanol–water partition coefficient (Wildman–Crippen LogP) is 4.12. The number of imide groups is 2. The number of halogens is 1. The maximum Gasteiger partial charge on any atom is 0.325 e. The van der Waals surface area contributed by atoms with E-state index in [4.69, 9.17) is 23.1 Å². The van der Waals surface area contributed by atoms with Crippen molar-refractivity contribution in [3.8, 4) is 0 Å². The second-order valence-corrected chi connectivity index (χ2v) is 18.2. The van der Waals surface area contributed by atoms with Crippen LogP contribution in [0.1, 0.15) is 54.1 Å². The SMILES string of the molecule is CC[C@@H](NC(=O)N1C(=O)[C@H](Cc2ccnc(N)c2)[C@H]1C(=O)N(C)c1cc[n+](CC[C@@H](NC(=O)N2C(=O)[C@H](Cc3ccnc(N)c3)[C@H]2C(=O)N(C)c2nccn2C)c2ccc(Cl)cc2)n1C)c1ccccc1. The molecule has 6 heterocycles. The molecule has 2 aliphatic rings. The van der Waals surface area contributed by atoms with E-state index in [9.17, 15) is 28.8 Å². The number of anilines is 4. The van der Waals surface area contributed by atoms with E-state index in [0.29, 0.717) is 39.9 Å². The number of nitrogens with two attached hydrogens (primary N) is 2. The Morgan fingerprint density at radius 1 is 0.718 bits per heavy atom. The first-order chi connectivity index (χ1) is 34.1. The van der Waals surface area contributed by atoms with Crippen LogP contribution in [0.5, 0.6) is 0 Å². The second-order valence-electron chi connectivity index (χ2n) is 17.8. The molecule has 21 heteroatoms. The number of rotatable bonds is 16. The van der Waals surface area contributed by atoms with Gasteiger partial charge in [0.05, 0.1) is 37.0 Å². The number of carbonyl (C=O) groups excluding carboxylic acids is 6. The Morgan fingerprint density at radius 2 is 1.25 bits per heavy atom. The molecule has 0 saturated carbocycles. The van der Waals surface area contributed by atoms with Crippen LogP contribution >= 0.6 is 11.6 Å². The average molecular weight is 985 g/mol. The molecule has 2 saturated heterocycles. The minimum Gasteiger partial charge on any atom is -0.384 e. The van der Waals surface area contributed by atoms with Crippen molar-refractivity contribution in [3.63, 3.8) is 0 Å². The average Bonchev–Trinajstić information content (AvgIpc) is 3.97. The fourth-order valence-corrected chi connectivity index (χ4v) is 9.55. The third-order valence-corrected chi connectivity index (χ3v) is 13.6. The fraction of sp³-hybridized carbons (Fsp3) is 0.320. The monoisotopic (exact) mass is 983 g/mol. The number of nitrogen functional groups attached to an aromatic ring is 2. The highest BCUT2D eigenvalue weighted by atomic mass is 35.5. The van der Waals surface area contributed by atoms with Gasteiger partial charge in [0, 0.05) is 57.4 Å². The molecular weight excluding hydrogens is 928 g/mol. The molecule has 0 aliphatic carbocycles.